The van der Waals surface area contributed by atoms with E-state index >= 15 is 0 Å². The van der Waals surface area contributed by atoms with Crippen LogP contribution in [-0.4, -0.2) is 58.8 Å². The van der Waals surface area contributed by atoms with Crippen LogP contribution in [0.15, 0.2) is 6.07 Å². The third-order valence-electron chi connectivity index (χ3n) is 4.82. The molecule has 0 bridgehead atoms. The van der Waals surface area contributed by atoms with Gasteiger partial charge in [-0.15, -0.1) is 0 Å². The molecule has 2 amide bonds. The van der Waals surface area contributed by atoms with E-state index < -0.39 is 0 Å². The van der Waals surface area contributed by atoms with Crippen LogP contribution in [0.3, 0.4) is 0 Å². The van der Waals surface area contributed by atoms with E-state index in [-0.39, 0.29) is 17.9 Å². The first-order valence-electron chi connectivity index (χ1n) is 8.87. The van der Waals surface area contributed by atoms with Gasteiger partial charge in [0.1, 0.15) is 5.69 Å². The van der Waals surface area contributed by atoms with Crippen molar-refractivity contribution in [1.29, 1.82) is 0 Å². The van der Waals surface area contributed by atoms with Crippen molar-refractivity contribution < 1.29 is 14.3 Å². The maximum atomic E-state index is 12.5. The second kappa shape index (κ2) is 7.79. The maximum Gasteiger partial charge on any atom is 0.274 e. The van der Waals surface area contributed by atoms with E-state index in [0.29, 0.717) is 37.7 Å². The molecule has 2 fully saturated rings. The Labute approximate surface area is 142 Å². The molecule has 0 spiro atoms. The molecule has 0 aromatic carbocycles. The van der Waals surface area contributed by atoms with Crippen molar-refractivity contribution in [1.82, 2.24) is 20.0 Å². The molecule has 1 aliphatic carbocycles. The second-order valence-corrected chi connectivity index (χ2v) is 6.60. The van der Waals surface area contributed by atoms with Crippen LogP contribution in [0.2, 0.25) is 0 Å². The normalized spacial score (nSPS) is 19.8. The molecule has 7 heteroatoms. The van der Waals surface area contributed by atoms with Gasteiger partial charge in [0.15, 0.2) is 5.69 Å². The summed E-state index contributed by atoms with van der Waals surface area (Å²) in [5.74, 6) is -0.277. The minimum atomic E-state index is -0.141. The van der Waals surface area contributed by atoms with Crippen molar-refractivity contribution in [2.24, 2.45) is 7.05 Å². The molecule has 0 atom stereocenters. The fourth-order valence-corrected chi connectivity index (χ4v) is 3.40. The monoisotopic (exact) mass is 334 g/mol. The highest BCUT2D eigenvalue weighted by molar-refractivity contribution is 5.98. The Bertz CT molecular complexity index is 585. The number of morpholine rings is 1. The van der Waals surface area contributed by atoms with Crippen molar-refractivity contribution in [3.63, 3.8) is 0 Å². The van der Waals surface area contributed by atoms with Crippen molar-refractivity contribution in [3.05, 3.63) is 17.5 Å². The summed E-state index contributed by atoms with van der Waals surface area (Å²) in [6, 6.07) is 1.83. The Kier molecular flexibility index (Phi) is 5.50. The lowest BCUT2D eigenvalue weighted by atomic mass is 10.1. The predicted octanol–water partition coefficient (Wildman–Crippen LogP) is 1.35. The molecule has 1 aliphatic heterocycles. The fraction of sp³-hybridized carbons (Fsp3) is 0.706. The second-order valence-electron chi connectivity index (χ2n) is 6.60. The van der Waals surface area contributed by atoms with E-state index in [1.807, 2.05) is 0 Å². The number of ether oxygens (including phenoxy) is 1. The molecule has 132 valence electrons. The van der Waals surface area contributed by atoms with E-state index in [4.69, 9.17) is 4.74 Å². The lowest BCUT2D eigenvalue weighted by Crippen LogP contribution is -2.40. The van der Waals surface area contributed by atoms with E-state index in [1.165, 1.54) is 17.5 Å². The zero-order valence-corrected chi connectivity index (χ0v) is 14.3. The highest BCUT2D eigenvalue weighted by atomic mass is 16.5. The van der Waals surface area contributed by atoms with E-state index in [1.54, 1.807) is 18.0 Å². The van der Waals surface area contributed by atoms with E-state index in [0.717, 1.165) is 25.7 Å². The minimum Gasteiger partial charge on any atom is -0.378 e. The van der Waals surface area contributed by atoms with Gasteiger partial charge in [0.2, 0.25) is 0 Å². The first-order valence-corrected chi connectivity index (χ1v) is 8.87. The third-order valence-corrected chi connectivity index (χ3v) is 4.82. The van der Waals surface area contributed by atoms with Gasteiger partial charge in [-0.3, -0.25) is 14.3 Å². The highest BCUT2D eigenvalue weighted by Gasteiger charge is 2.24. The van der Waals surface area contributed by atoms with Gasteiger partial charge in [-0.2, -0.15) is 5.10 Å². The van der Waals surface area contributed by atoms with Gasteiger partial charge in [0, 0.05) is 32.2 Å². The molecule has 1 aromatic rings. The van der Waals surface area contributed by atoms with Crippen LogP contribution in [0.5, 0.6) is 0 Å². The summed E-state index contributed by atoms with van der Waals surface area (Å²) >= 11 is 0. The number of nitrogens with zero attached hydrogens (tertiary/aromatic N) is 3. The standard InChI is InChI=1S/C17H26N4O3/c1-20-15(16(22)18-13-6-4-2-3-5-7-13)12-14(19-20)17(23)21-8-10-24-11-9-21/h12-13H,2-11H2,1H3,(H,18,22). The van der Waals surface area contributed by atoms with Crippen LogP contribution in [0.1, 0.15) is 59.5 Å². The van der Waals surface area contributed by atoms with Crippen LogP contribution in [0, 0.1) is 0 Å². The molecule has 2 aliphatic rings. The molecule has 7 nitrogen and oxygen atoms in total. The lowest BCUT2D eigenvalue weighted by molar-refractivity contribution is 0.0298. The largest absolute Gasteiger partial charge is 0.378 e. The number of hydrogen-bond acceptors (Lipinski definition) is 4. The third kappa shape index (κ3) is 3.95. The lowest BCUT2D eigenvalue weighted by Gasteiger charge is -2.25. The van der Waals surface area contributed by atoms with Crippen LogP contribution >= 0.6 is 0 Å². The molecule has 0 radical (unpaired) electrons. The van der Waals surface area contributed by atoms with Crippen LogP contribution in [0.4, 0.5) is 0 Å². The van der Waals surface area contributed by atoms with Gasteiger partial charge in [-0.1, -0.05) is 25.7 Å². The Morgan fingerprint density at radius 3 is 2.50 bits per heavy atom. The SMILES string of the molecule is Cn1nc(C(=O)N2CCOCC2)cc1C(=O)NC1CCCCCC1. The quantitative estimate of drug-likeness (QED) is 0.847. The van der Waals surface area contributed by atoms with Gasteiger partial charge in [-0.25, -0.2) is 0 Å². The molecule has 1 aromatic heterocycles. The number of carbonyl (C=O) groups excluding carboxylic acids is 2. The summed E-state index contributed by atoms with van der Waals surface area (Å²) in [4.78, 5) is 26.7. The molecule has 24 heavy (non-hydrogen) atoms. The zero-order valence-electron chi connectivity index (χ0n) is 14.3. The van der Waals surface area contributed by atoms with Crippen molar-refractivity contribution >= 4 is 11.8 Å². The summed E-state index contributed by atoms with van der Waals surface area (Å²) < 4.78 is 6.76. The van der Waals surface area contributed by atoms with Crippen LogP contribution < -0.4 is 5.32 Å². The number of rotatable bonds is 3. The number of carbonyl (C=O) groups is 2. The van der Waals surface area contributed by atoms with Gasteiger partial charge in [0.25, 0.3) is 11.8 Å². The molecular formula is C17H26N4O3. The number of aromatic nitrogens is 2. The molecule has 0 unspecified atom stereocenters. The first kappa shape index (κ1) is 17.0. The van der Waals surface area contributed by atoms with Gasteiger partial charge in [0.05, 0.1) is 13.2 Å². The van der Waals surface area contributed by atoms with Gasteiger partial charge >= 0.3 is 0 Å². The Hall–Kier alpha value is -1.89. The van der Waals surface area contributed by atoms with Crippen LogP contribution in [0.25, 0.3) is 0 Å². The van der Waals surface area contributed by atoms with Crippen LogP contribution in [-0.2, 0) is 11.8 Å². The molecule has 1 saturated carbocycles. The smallest absolute Gasteiger partial charge is 0.274 e. The van der Waals surface area contributed by atoms with E-state index in [2.05, 4.69) is 10.4 Å². The van der Waals surface area contributed by atoms with Crippen molar-refractivity contribution in [3.8, 4) is 0 Å². The molecule has 2 heterocycles. The van der Waals surface area contributed by atoms with Gasteiger partial charge in [-0.05, 0) is 12.8 Å². The van der Waals surface area contributed by atoms with Crippen molar-refractivity contribution in [2.45, 2.75) is 44.6 Å². The summed E-state index contributed by atoms with van der Waals surface area (Å²) in [6.07, 6.45) is 6.88. The summed E-state index contributed by atoms with van der Waals surface area (Å²) in [5.41, 5.74) is 0.765. The predicted molar refractivity (Wildman–Crippen MR) is 88.9 cm³/mol. The highest BCUT2D eigenvalue weighted by Crippen LogP contribution is 2.18. The number of hydrogen-bond donors (Lipinski definition) is 1. The summed E-state index contributed by atoms with van der Waals surface area (Å²) in [6.45, 7) is 2.24. The summed E-state index contributed by atoms with van der Waals surface area (Å²) in [5, 5.41) is 7.35. The Morgan fingerprint density at radius 1 is 1.17 bits per heavy atom. The number of aryl methyl sites for hydroxylation is 1. The molecule has 3 rings (SSSR count). The molecule has 1 N–H and O–H groups in total. The average molecular weight is 334 g/mol. The first-order chi connectivity index (χ1) is 11.6. The fourth-order valence-electron chi connectivity index (χ4n) is 3.40. The minimum absolute atomic E-state index is 0.137. The Balaban J connectivity index is 1.66. The molecule has 1 saturated heterocycles. The topological polar surface area (TPSA) is 76.5 Å². The maximum absolute atomic E-state index is 12.5. The zero-order chi connectivity index (χ0) is 16.9. The summed E-state index contributed by atoms with van der Waals surface area (Å²) in [7, 11) is 1.71. The van der Waals surface area contributed by atoms with Crippen molar-refractivity contribution in [2.75, 3.05) is 26.3 Å². The Morgan fingerprint density at radius 2 is 1.83 bits per heavy atom. The average Bonchev–Trinajstić information content (AvgIpc) is 2.81. The van der Waals surface area contributed by atoms with E-state index in [9.17, 15) is 9.59 Å². The van der Waals surface area contributed by atoms with Gasteiger partial charge < -0.3 is 15.0 Å². The number of amides is 2. The molecular weight excluding hydrogens is 308 g/mol. The number of nitrogens with one attached hydrogen (secondary N) is 1.